The van der Waals surface area contributed by atoms with E-state index in [1.54, 1.807) is 0 Å². The van der Waals surface area contributed by atoms with Crippen LogP contribution in [-0.2, 0) is 0 Å². The summed E-state index contributed by atoms with van der Waals surface area (Å²) in [7, 11) is 0. The Labute approximate surface area is 126 Å². The molecular weight excluding hydrogens is 260 g/mol. The zero-order valence-corrected chi connectivity index (χ0v) is 12.8. The molecule has 1 aliphatic carbocycles. The van der Waals surface area contributed by atoms with Crippen LogP contribution >= 0.6 is 0 Å². The maximum absolute atomic E-state index is 6.08. The predicted molar refractivity (Wildman–Crippen MR) is 86.1 cm³/mol. The molecule has 1 saturated carbocycles. The van der Waals surface area contributed by atoms with Gasteiger partial charge in [-0.15, -0.1) is 0 Å². The number of rotatable bonds is 2. The Morgan fingerprint density at radius 2 is 1.62 bits per heavy atom. The summed E-state index contributed by atoms with van der Waals surface area (Å²) in [6.07, 6.45) is 8.97. The van der Waals surface area contributed by atoms with Gasteiger partial charge in [0.15, 0.2) is 5.82 Å². The van der Waals surface area contributed by atoms with Crippen molar-refractivity contribution in [1.82, 2.24) is 5.16 Å². The largest absolute Gasteiger partial charge is 0.380 e. The van der Waals surface area contributed by atoms with Crippen molar-refractivity contribution in [3.05, 3.63) is 35.6 Å². The maximum Gasteiger partial charge on any atom is 0.175 e. The van der Waals surface area contributed by atoms with Crippen LogP contribution in [-0.4, -0.2) is 5.16 Å². The first-order chi connectivity index (χ1) is 10.3. The van der Waals surface area contributed by atoms with Gasteiger partial charge in [0.1, 0.15) is 5.76 Å². The van der Waals surface area contributed by atoms with E-state index < -0.39 is 0 Å². The molecule has 21 heavy (non-hydrogen) atoms. The number of aromatic nitrogens is 1. The first-order valence-electron chi connectivity index (χ1n) is 8.08. The zero-order chi connectivity index (χ0) is 14.7. The Morgan fingerprint density at radius 3 is 2.29 bits per heavy atom. The van der Waals surface area contributed by atoms with Crippen molar-refractivity contribution in [2.75, 3.05) is 5.73 Å². The molecule has 1 heterocycles. The first-order valence-corrected chi connectivity index (χ1v) is 8.08. The molecule has 0 radical (unpaired) electrons. The van der Waals surface area contributed by atoms with Gasteiger partial charge in [-0.2, -0.15) is 0 Å². The SMILES string of the molecule is Cc1ccc(-c2c(N)noc2C2CCCCCCC2)cc1. The Hall–Kier alpha value is -1.77. The lowest BCUT2D eigenvalue weighted by atomic mass is 9.86. The van der Waals surface area contributed by atoms with Gasteiger partial charge in [-0.25, -0.2) is 0 Å². The summed E-state index contributed by atoms with van der Waals surface area (Å²) in [5.41, 5.74) is 9.47. The van der Waals surface area contributed by atoms with Crippen molar-refractivity contribution in [2.24, 2.45) is 0 Å². The van der Waals surface area contributed by atoms with E-state index in [9.17, 15) is 0 Å². The molecule has 1 aromatic carbocycles. The number of hydrogen-bond donors (Lipinski definition) is 1. The molecule has 1 aliphatic rings. The molecule has 3 rings (SSSR count). The minimum atomic E-state index is 0.464. The lowest BCUT2D eigenvalue weighted by Crippen LogP contribution is -2.03. The molecule has 0 spiro atoms. The van der Waals surface area contributed by atoms with Crippen molar-refractivity contribution in [3.8, 4) is 11.1 Å². The minimum absolute atomic E-state index is 0.464. The molecule has 2 N–H and O–H groups in total. The molecule has 0 saturated heterocycles. The Balaban J connectivity index is 1.93. The van der Waals surface area contributed by atoms with E-state index in [2.05, 4.69) is 36.3 Å². The number of nitrogens with two attached hydrogens (primary N) is 1. The highest BCUT2D eigenvalue weighted by Gasteiger charge is 2.24. The van der Waals surface area contributed by atoms with Crippen molar-refractivity contribution in [1.29, 1.82) is 0 Å². The van der Waals surface area contributed by atoms with Crippen molar-refractivity contribution in [3.63, 3.8) is 0 Å². The molecule has 1 fully saturated rings. The number of hydrogen-bond acceptors (Lipinski definition) is 3. The molecular formula is C18H24N2O. The summed E-state index contributed by atoms with van der Waals surface area (Å²) < 4.78 is 5.64. The quantitative estimate of drug-likeness (QED) is 0.838. The summed E-state index contributed by atoms with van der Waals surface area (Å²) >= 11 is 0. The second-order valence-electron chi connectivity index (χ2n) is 6.22. The summed E-state index contributed by atoms with van der Waals surface area (Å²) in [5, 5.41) is 4.05. The highest BCUT2D eigenvalue weighted by Crippen LogP contribution is 2.39. The van der Waals surface area contributed by atoms with Gasteiger partial charge in [0, 0.05) is 5.92 Å². The normalized spacial score (nSPS) is 17.4. The number of benzene rings is 1. The van der Waals surface area contributed by atoms with Crippen LogP contribution in [0.4, 0.5) is 5.82 Å². The van der Waals surface area contributed by atoms with Crippen LogP contribution in [0, 0.1) is 6.92 Å². The van der Waals surface area contributed by atoms with Crippen LogP contribution in [0.3, 0.4) is 0 Å². The van der Waals surface area contributed by atoms with Gasteiger partial charge in [0.05, 0.1) is 5.56 Å². The molecule has 0 unspecified atom stereocenters. The van der Waals surface area contributed by atoms with Gasteiger partial charge in [0.2, 0.25) is 0 Å². The van der Waals surface area contributed by atoms with Crippen LogP contribution in [0.5, 0.6) is 0 Å². The van der Waals surface area contributed by atoms with Gasteiger partial charge < -0.3 is 10.3 Å². The lowest BCUT2D eigenvalue weighted by Gasteiger charge is -2.18. The number of nitrogens with zero attached hydrogens (tertiary/aromatic N) is 1. The molecule has 0 aliphatic heterocycles. The third kappa shape index (κ3) is 3.12. The van der Waals surface area contributed by atoms with Crippen LogP contribution in [0.1, 0.15) is 62.2 Å². The van der Waals surface area contributed by atoms with E-state index in [0.717, 1.165) is 16.9 Å². The van der Waals surface area contributed by atoms with Crippen molar-refractivity contribution in [2.45, 2.75) is 57.8 Å². The van der Waals surface area contributed by atoms with Gasteiger partial charge in [0.25, 0.3) is 0 Å². The maximum atomic E-state index is 6.08. The molecule has 3 heteroatoms. The van der Waals surface area contributed by atoms with Crippen molar-refractivity contribution < 1.29 is 4.52 Å². The van der Waals surface area contributed by atoms with Crippen LogP contribution < -0.4 is 5.73 Å². The Morgan fingerprint density at radius 1 is 1.00 bits per heavy atom. The second kappa shape index (κ2) is 6.33. The van der Waals surface area contributed by atoms with Gasteiger partial charge >= 0.3 is 0 Å². The topological polar surface area (TPSA) is 52.0 Å². The highest BCUT2D eigenvalue weighted by molar-refractivity contribution is 5.76. The summed E-state index contributed by atoms with van der Waals surface area (Å²) in [4.78, 5) is 0. The second-order valence-corrected chi connectivity index (χ2v) is 6.22. The molecule has 3 nitrogen and oxygen atoms in total. The van der Waals surface area contributed by atoms with Gasteiger partial charge in [-0.05, 0) is 25.3 Å². The number of aryl methyl sites for hydroxylation is 1. The fourth-order valence-electron chi connectivity index (χ4n) is 3.32. The summed E-state index contributed by atoms with van der Waals surface area (Å²) in [6.45, 7) is 2.09. The average molecular weight is 284 g/mol. The third-order valence-electron chi connectivity index (χ3n) is 4.56. The highest BCUT2D eigenvalue weighted by atomic mass is 16.5. The molecule has 0 bridgehead atoms. The molecule has 0 atom stereocenters. The summed E-state index contributed by atoms with van der Waals surface area (Å²) in [6, 6.07) is 8.46. The Bertz CT molecular complexity index is 578. The third-order valence-corrected chi connectivity index (χ3v) is 4.56. The smallest absolute Gasteiger partial charge is 0.175 e. The van der Waals surface area contributed by atoms with E-state index in [1.807, 2.05) is 0 Å². The molecule has 1 aromatic heterocycles. The van der Waals surface area contributed by atoms with Crippen LogP contribution in [0.15, 0.2) is 28.8 Å². The van der Waals surface area contributed by atoms with Crippen molar-refractivity contribution >= 4 is 5.82 Å². The fourth-order valence-corrected chi connectivity index (χ4v) is 3.32. The van der Waals surface area contributed by atoms with E-state index in [-0.39, 0.29) is 0 Å². The number of nitrogen functional groups attached to an aromatic ring is 1. The predicted octanol–water partition coefficient (Wildman–Crippen LogP) is 5.06. The summed E-state index contributed by atoms with van der Waals surface area (Å²) in [5.74, 6) is 1.99. The van der Waals surface area contributed by atoms with Crippen LogP contribution in [0.25, 0.3) is 11.1 Å². The Kier molecular flexibility index (Phi) is 4.28. The standard InChI is InChI=1S/C18H24N2O/c1-13-9-11-14(12-10-13)16-17(21-20-18(16)19)15-7-5-3-2-4-6-8-15/h9-12,15H,2-8H2,1H3,(H2,19,20). The van der Waals surface area contributed by atoms with E-state index in [1.165, 1.54) is 50.5 Å². The van der Waals surface area contributed by atoms with Gasteiger partial charge in [-0.3, -0.25) is 0 Å². The van der Waals surface area contributed by atoms with E-state index in [4.69, 9.17) is 10.3 Å². The minimum Gasteiger partial charge on any atom is -0.380 e. The van der Waals surface area contributed by atoms with Crippen LogP contribution in [0.2, 0.25) is 0 Å². The zero-order valence-electron chi connectivity index (χ0n) is 12.8. The molecule has 112 valence electrons. The first kappa shape index (κ1) is 14.2. The van der Waals surface area contributed by atoms with Gasteiger partial charge in [-0.1, -0.05) is 67.1 Å². The molecule has 0 amide bonds. The monoisotopic (exact) mass is 284 g/mol. The fraction of sp³-hybridized carbons (Fsp3) is 0.500. The average Bonchev–Trinajstić information content (AvgIpc) is 2.81. The van der Waals surface area contributed by atoms with E-state index in [0.29, 0.717) is 11.7 Å². The number of anilines is 1. The van der Waals surface area contributed by atoms with E-state index >= 15 is 0 Å². The molecule has 2 aromatic rings. The lowest BCUT2D eigenvalue weighted by molar-refractivity contribution is 0.332.